The minimum Gasteiger partial charge on any atom is -0.412 e. The number of carbonyl (C=O) groups excluding carboxylic acids is 1. The summed E-state index contributed by atoms with van der Waals surface area (Å²) in [7, 11) is 0. The standard InChI is InChI=1S/C14H13NO.H2O/c15-14(16)13(11-7-3-1-4-8-11)12-9-5-2-6-10-12;/h1-10,13H,(H2,15,16);1H2. The lowest BCUT2D eigenvalue weighted by Gasteiger charge is -2.13. The predicted octanol–water partition coefficient (Wildman–Crippen LogP) is 1.48. The van der Waals surface area contributed by atoms with E-state index in [0.29, 0.717) is 0 Å². The molecule has 3 nitrogen and oxygen atoms in total. The van der Waals surface area contributed by atoms with Crippen molar-refractivity contribution in [3.63, 3.8) is 0 Å². The minimum absolute atomic E-state index is 0. The molecule has 0 fully saturated rings. The summed E-state index contributed by atoms with van der Waals surface area (Å²) in [4.78, 5) is 11.5. The van der Waals surface area contributed by atoms with Crippen molar-refractivity contribution in [2.45, 2.75) is 5.92 Å². The van der Waals surface area contributed by atoms with E-state index in [1.54, 1.807) is 0 Å². The lowest BCUT2D eigenvalue weighted by atomic mass is 9.91. The van der Waals surface area contributed by atoms with Gasteiger partial charge in [-0.25, -0.2) is 0 Å². The van der Waals surface area contributed by atoms with E-state index >= 15 is 0 Å². The van der Waals surface area contributed by atoms with Crippen LogP contribution in [0.1, 0.15) is 17.0 Å². The highest BCUT2D eigenvalue weighted by atomic mass is 16.1. The van der Waals surface area contributed by atoms with Crippen LogP contribution in [0.5, 0.6) is 0 Å². The molecular formula is C14H15NO2. The second-order valence-electron chi connectivity index (χ2n) is 3.66. The van der Waals surface area contributed by atoms with Gasteiger partial charge in [0.25, 0.3) is 0 Å². The number of carbonyl (C=O) groups is 1. The first-order valence-corrected chi connectivity index (χ1v) is 5.18. The fraction of sp³-hybridized carbons (Fsp3) is 0.0714. The van der Waals surface area contributed by atoms with Crippen molar-refractivity contribution in [1.29, 1.82) is 0 Å². The summed E-state index contributed by atoms with van der Waals surface area (Å²) < 4.78 is 0. The maximum atomic E-state index is 11.5. The molecule has 1 amide bonds. The average molecular weight is 229 g/mol. The van der Waals surface area contributed by atoms with Gasteiger partial charge in [0, 0.05) is 0 Å². The smallest absolute Gasteiger partial charge is 0.229 e. The van der Waals surface area contributed by atoms with Gasteiger partial charge in [-0.05, 0) is 11.1 Å². The molecule has 0 saturated heterocycles. The van der Waals surface area contributed by atoms with Gasteiger partial charge in [-0.3, -0.25) is 4.79 Å². The van der Waals surface area contributed by atoms with Crippen LogP contribution in [-0.2, 0) is 4.79 Å². The van der Waals surface area contributed by atoms with Gasteiger partial charge in [0.15, 0.2) is 0 Å². The van der Waals surface area contributed by atoms with Gasteiger partial charge in [0.05, 0.1) is 5.92 Å². The summed E-state index contributed by atoms with van der Waals surface area (Å²) in [6.07, 6.45) is 0. The van der Waals surface area contributed by atoms with E-state index in [0.717, 1.165) is 11.1 Å². The van der Waals surface area contributed by atoms with Gasteiger partial charge in [-0.15, -0.1) is 0 Å². The van der Waals surface area contributed by atoms with Crippen molar-refractivity contribution in [3.05, 3.63) is 71.8 Å². The molecule has 0 aliphatic heterocycles. The number of primary amides is 1. The maximum Gasteiger partial charge on any atom is 0.229 e. The van der Waals surface area contributed by atoms with Crippen molar-refractivity contribution in [2.24, 2.45) is 5.73 Å². The van der Waals surface area contributed by atoms with Gasteiger partial charge < -0.3 is 11.2 Å². The predicted molar refractivity (Wildman–Crippen MR) is 67.5 cm³/mol. The summed E-state index contributed by atoms with van der Waals surface area (Å²) in [5.41, 5.74) is 7.33. The number of amides is 1. The van der Waals surface area contributed by atoms with E-state index in [4.69, 9.17) is 5.73 Å². The third-order valence-electron chi connectivity index (χ3n) is 2.55. The molecule has 2 rings (SSSR count). The molecule has 0 aliphatic rings. The summed E-state index contributed by atoms with van der Waals surface area (Å²) in [6, 6.07) is 19.2. The van der Waals surface area contributed by atoms with Gasteiger partial charge >= 0.3 is 0 Å². The van der Waals surface area contributed by atoms with Crippen molar-refractivity contribution in [3.8, 4) is 0 Å². The van der Waals surface area contributed by atoms with E-state index in [9.17, 15) is 4.79 Å². The quantitative estimate of drug-likeness (QED) is 0.850. The third-order valence-corrected chi connectivity index (χ3v) is 2.55. The molecule has 17 heavy (non-hydrogen) atoms. The van der Waals surface area contributed by atoms with Gasteiger partial charge in [0.1, 0.15) is 0 Å². The van der Waals surface area contributed by atoms with Crippen LogP contribution in [0, 0.1) is 0 Å². The third kappa shape index (κ3) is 2.92. The summed E-state index contributed by atoms with van der Waals surface area (Å²) in [6.45, 7) is 0. The molecule has 0 saturated carbocycles. The lowest BCUT2D eigenvalue weighted by molar-refractivity contribution is -0.118. The summed E-state index contributed by atoms with van der Waals surface area (Å²) in [5, 5.41) is 0. The Morgan fingerprint density at radius 1 is 0.824 bits per heavy atom. The van der Waals surface area contributed by atoms with Crippen LogP contribution >= 0.6 is 0 Å². The van der Waals surface area contributed by atoms with Crippen molar-refractivity contribution in [1.82, 2.24) is 0 Å². The Hall–Kier alpha value is -2.13. The highest BCUT2D eigenvalue weighted by Crippen LogP contribution is 2.23. The summed E-state index contributed by atoms with van der Waals surface area (Å²) in [5.74, 6) is -0.681. The first kappa shape index (κ1) is 12.9. The number of hydrogen-bond donors (Lipinski definition) is 1. The zero-order valence-electron chi connectivity index (χ0n) is 9.34. The molecule has 2 aromatic rings. The van der Waals surface area contributed by atoms with Crippen LogP contribution in [0.25, 0.3) is 0 Å². The highest BCUT2D eigenvalue weighted by molar-refractivity contribution is 5.85. The minimum atomic E-state index is -0.359. The Morgan fingerprint density at radius 2 is 1.18 bits per heavy atom. The largest absolute Gasteiger partial charge is 0.412 e. The molecule has 0 spiro atoms. The zero-order valence-corrected chi connectivity index (χ0v) is 9.34. The van der Waals surface area contributed by atoms with Crippen LogP contribution in [0.15, 0.2) is 60.7 Å². The van der Waals surface area contributed by atoms with E-state index in [1.807, 2.05) is 60.7 Å². The van der Waals surface area contributed by atoms with Gasteiger partial charge in [-0.1, -0.05) is 60.7 Å². The van der Waals surface area contributed by atoms with Crippen molar-refractivity contribution < 1.29 is 10.3 Å². The topological polar surface area (TPSA) is 74.6 Å². The Kier molecular flexibility index (Phi) is 4.43. The number of benzene rings is 2. The van der Waals surface area contributed by atoms with Crippen LogP contribution in [-0.4, -0.2) is 11.4 Å². The van der Waals surface area contributed by atoms with Gasteiger partial charge in [-0.2, -0.15) is 0 Å². The molecular weight excluding hydrogens is 214 g/mol. The first-order chi connectivity index (χ1) is 7.79. The Balaban J connectivity index is 0.00000144. The van der Waals surface area contributed by atoms with Crippen LogP contribution in [0.2, 0.25) is 0 Å². The first-order valence-electron chi connectivity index (χ1n) is 5.18. The Morgan fingerprint density at radius 3 is 1.47 bits per heavy atom. The van der Waals surface area contributed by atoms with Gasteiger partial charge in [0.2, 0.25) is 5.91 Å². The second-order valence-corrected chi connectivity index (χ2v) is 3.66. The molecule has 0 bridgehead atoms. The highest BCUT2D eigenvalue weighted by Gasteiger charge is 2.18. The SMILES string of the molecule is NC(=O)C(c1ccccc1)c1ccccc1.O. The van der Waals surface area contributed by atoms with E-state index in [1.165, 1.54) is 0 Å². The molecule has 3 heteroatoms. The molecule has 0 unspecified atom stereocenters. The maximum absolute atomic E-state index is 11.5. The molecule has 88 valence electrons. The van der Waals surface area contributed by atoms with E-state index in [-0.39, 0.29) is 17.3 Å². The normalized spacial score (nSPS) is 9.71. The van der Waals surface area contributed by atoms with Crippen LogP contribution in [0.3, 0.4) is 0 Å². The number of nitrogens with two attached hydrogens (primary N) is 1. The van der Waals surface area contributed by atoms with Crippen molar-refractivity contribution in [2.75, 3.05) is 0 Å². The average Bonchev–Trinajstić information content (AvgIpc) is 2.31. The molecule has 0 radical (unpaired) electrons. The number of rotatable bonds is 3. The van der Waals surface area contributed by atoms with E-state index < -0.39 is 0 Å². The number of hydrogen-bond acceptors (Lipinski definition) is 1. The molecule has 0 heterocycles. The molecule has 4 N–H and O–H groups in total. The fourth-order valence-electron chi connectivity index (χ4n) is 1.81. The van der Waals surface area contributed by atoms with E-state index in [2.05, 4.69) is 0 Å². The molecule has 0 aliphatic carbocycles. The fourth-order valence-corrected chi connectivity index (χ4v) is 1.81. The molecule has 2 aromatic carbocycles. The van der Waals surface area contributed by atoms with Crippen LogP contribution in [0.4, 0.5) is 0 Å². The molecule has 0 atom stereocenters. The monoisotopic (exact) mass is 229 g/mol. The Bertz CT molecular complexity index is 429. The lowest BCUT2D eigenvalue weighted by Crippen LogP contribution is -2.22. The Labute approximate surface area is 100 Å². The second kappa shape index (κ2) is 5.82. The zero-order chi connectivity index (χ0) is 11.4. The van der Waals surface area contributed by atoms with Crippen LogP contribution < -0.4 is 5.73 Å². The molecule has 0 aromatic heterocycles. The summed E-state index contributed by atoms with van der Waals surface area (Å²) >= 11 is 0. The van der Waals surface area contributed by atoms with Crippen molar-refractivity contribution >= 4 is 5.91 Å².